The lowest BCUT2D eigenvalue weighted by Crippen LogP contribution is -2.44. The van der Waals surface area contributed by atoms with E-state index in [1.807, 2.05) is 30.5 Å². The highest BCUT2D eigenvalue weighted by atomic mass is 35.5. The van der Waals surface area contributed by atoms with Crippen LogP contribution in [0, 0.1) is 0 Å². The molecule has 9 heteroatoms. The fourth-order valence-corrected chi connectivity index (χ4v) is 5.49. The summed E-state index contributed by atoms with van der Waals surface area (Å²) >= 11 is 6.70. The van der Waals surface area contributed by atoms with Gasteiger partial charge in [0.2, 0.25) is 5.95 Å². The molecule has 2 unspecified atom stereocenters. The molecule has 3 aliphatic rings. The van der Waals surface area contributed by atoms with Crippen molar-refractivity contribution in [3.05, 3.63) is 53.8 Å². The topological polar surface area (TPSA) is 69.7 Å². The minimum atomic E-state index is 0.528. The molecule has 1 N–H and O–H groups in total. The predicted octanol–water partition coefficient (Wildman–Crippen LogP) is 3.66. The number of piperazine rings is 1. The minimum Gasteiger partial charge on any atom is -0.378 e. The quantitative estimate of drug-likeness (QED) is 0.597. The number of anilines is 4. The van der Waals surface area contributed by atoms with E-state index in [1.165, 1.54) is 6.42 Å². The van der Waals surface area contributed by atoms with Gasteiger partial charge in [-0.1, -0.05) is 11.6 Å². The van der Waals surface area contributed by atoms with Gasteiger partial charge in [-0.05, 0) is 49.9 Å². The Bertz CT molecular complexity index is 1170. The van der Waals surface area contributed by atoms with Crippen LogP contribution in [0.25, 0.3) is 11.3 Å². The summed E-state index contributed by atoms with van der Waals surface area (Å²) in [5.41, 5.74) is 3.74. The maximum absolute atomic E-state index is 6.70. The number of nitrogens with one attached hydrogen (secondary N) is 1. The number of likely N-dealkylation sites (N-methyl/N-ethyl adjacent to an activating group) is 1. The first-order valence-corrected chi connectivity index (χ1v) is 12.2. The first-order valence-electron chi connectivity index (χ1n) is 11.8. The molecule has 2 aromatic heterocycles. The van der Waals surface area contributed by atoms with Crippen molar-refractivity contribution in [2.24, 2.45) is 0 Å². The molecule has 3 saturated heterocycles. The van der Waals surface area contributed by atoms with Crippen LogP contribution < -0.4 is 15.1 Å². The van der Waals surface area contributed by atoms with Crippen LogP contribution in [0.15, 0.2) is 48.8 Å². The summed E-state index contributed by atoms with van der Waals surface area (Å²) in [6, 6.07) is 13.3. The van der Waals surface area contributed by atoms with Crippen molar-refractivity contribution in [3.63, 3.8) is 0 Å². The van der Waals surface area contributed by atoms with E-state index in [2.05, 4.69) is 49.2 Å². The lowest BCUT2D eigenvalue weighted by atomic mass is 10.2. The molecule has 1 aromatic carbocycles. The number of pyridine rings is 1. The summed E-state index contributed by atoms with van der Waals surface area (Å²) < 4.78 is 5.43. The number of nitrogens with zero attached hydrogens (tertiary/aromatic N) is 6. The molecule has 3 fully saturated rings. The molecule has 0 amide bonds. The number of likely N-dealkylation sites (tertiary alicyclic amines) is 1. The van der Waals surface area contributed by atoms with E-state index < -0.39 is 0 Å². The number of halogens is 1. The maximum Gasteiger partial charge on any atom is 0.227 e. The lowest BCUT2D eigenvalue weighted by Gasteiger charge is -2.34. The molecule has 0 aliphatic carbocycles. The third-order valence-corrected chi connectivity index (χ3v) is 7.36. The number of hydrogen-bond donors (Lipinski definition) is 1. The highest BCUT2D eigenvalue weighted by Gasteiger charge is 2.41. The molecular weight excluding hydrogens is 450 g/mol. The fourth-order valence-electron chi connectivity index (χ4n) is 5.20. The molecule has 0 radical (unpaired) electrons. The first kappa shape index (κ1) is 21.6. The zero-order valence-electron chi connectivity index (χ0n) is 19.2. The van der Waals surface area contributed by atoms with Crippen LogP contribution in [-0.4, -0.2) is 78.4 Å². The van der Waals surface area contributed by atoms with Gasteiger partial charge >= 0.3 is 0 Å². The summed E-state index contributed by atoms with van der Waals surface area (Å²) in [4.78, 5) is 20.9. The molecule has 2 atom stereocenters. The summed E-state index contributed by atoms with van der Waals surface area (Å²) in [7, 11) is 2.21. The fraction of sp³-hybridized carbons (Fsp3) is 0.400. The van der Waals surface area contributed by atoms with Gasteiger partial charge in [-0.15, -0.1) is 0 Å². The van der Waals surface area contributed by atoms with Gasteiger partial charge in [0.25, 0.3) is 0 Å². The Kier molecular flexibility index (Phi) is 5.72. The van der Waals surface area contributed by atoms with Crippen molar-refractivity contribution in [3.8, 4) is 11.3 Å². The Morgan fingerprint density at radius 3 is 2.62 bits per heavy atom. The Labute approximate surface area is 204 Å². The molecule has 0 saturated carbocycles. The molecule has 8 nitrogen and oxygen atoms in total. The van der Waals surface area contributed by atoms with E-state index in [-0.39, 0.29) is 0 Å². The van der Waals surface area contributed by atoms with Crippen LogP contribution >= 0.6 is 11.6 Å². The van der Waals surface area contributed by atoms with Gasteiger partial charge in [-0.2, -0.15) is 0 Å². The minimum absolute atomic E-state index is 0.528. The van der Waals surface area contributed by atoms with Crippen LogP contribution in [0.3, 0.4) is 0 Å². The number of morpholine rings is 1. The van der Waals surface area contributed by atoms with Gasteiger partial charge in [-0.25, -0.2) is 15.0 Å². The van der Waals surface area contributed by atoms with Crippen molar-refractivity contribution < 1.29 is 4.74 Å². The zero-order chi connectivity index (χ0) is 23.1. The number of fused-ring (bicyclic) bond motifs is 2. The summed E-state index contributed by atoms with van der Waals surface area (Å²) in [5.74, 6) is 1.49. The second kappa shape index (κ2) is 9.02. The molecule has 6 rings (SSSR count). The number of benzene rings is 1. The van der Waals surface area contributed by atoms with Crippen molar-refractivity contribution in [1.29, 1.82) is 0 Å². The van der Waals surface area contributed by atoms with Crippen molar-refractivity contribution in [2.75, 3.05) is 61.6 Å². The Balaban J connectivity index is 1.16. The molecule has 0 spiro atoms. The van der Waals surface area contributed by atoms with Crippen LogP contribution in [0.2, 0.25) is 5.02 Å². The van der Waals surface area contributed by atoms with Gasteiger partial charge in [0.05, 0.1) is 29.6 Å². The number of rotatable bonds is 5. The molecule has 176 valence electrons. The van der Waals surface area contributed by atoms with Crippen LogP contribution in [0.1, 0.15) is 6.42 Å². The second-order valence-electron chi connectivity index (χ2n) is 9.20. The third kappa shape index (κ3) is 4.17. The molecule has 3 aromatic rings. The summed E-state index contributed by atoms with van der Waals surface area (Å²) in [6.07, 6.45) is 4.84. The standard InChI is InChI=1S/C25H28ClN7O/c1-31-15-20-13-19(31)16-33(20)23-4-3-18(12-21(23)26)29-25-27-7-6-22(30-25)17-2-5-24(28-14-17)32-8-10-34-11-9-32/h2-7,12,14,19-20H,8-11,13,15-16H2,1H3,(H,27,29,30). The Hall–Kier alpha value is -2.94. The largest absolute Gasteiger partial charge is 0.378 e. The van der Waals surface area contributed by atoms with Gasteiger partial charge < -0.3 is 19.9 Å². The van der Waals surface area contributed by atoms with Crippen molar-refractivity contribution in [2.45, 2.75) is 18.5 Å². The molecule has 5 heterocycles. The number of ether oxygens (including phenoxy) is 1. The first-order chi connectivity index (χ1) is 16.6. The molecule has 2 bridgehead atoms. The second-order valence-corrected chi connectivity index (χ2v) is 9.60. The smallest absolute Gasteiger partial charge is 0.227 e. The highest BCUT2D eigenvalue weighted by Crippen LogP contribution is 2.38. The van der Waals surface area contributed by atoms with E-state index in [9.17, 15) is 0 Å². The van der Waals surface area contributed by atoms with Gasteiger partial charge in [0.15, 0.2) is 0 Å². The van der Waals surface area contributed by atoms with E-state index in [1.54, 1.807) is 6.20 Å². The normalized spacial score (nSPS) is 22.4. The van der Waals surface area contributed by atoms with Crippen molar-refractivity contribution in [1.82, 2.24) is 19.9 Å². The molecule has 3 aliphatic heterocycles. The highest BCUT2D eigenvalue weighted by molar-refractivity contribution is 6.33. The van der Waals surface area contributed by atoms with E-state index in [0.29, 0.717) is 18.0 Å². The Morgan fingerprint density at radius 1 is 1.03 bits per heavy atom. The van der Waals surface area contributed by atoms with E-state index in [0.717, 1.165) is 72.9 Å². The third-order valence-electron chi connectivity index (χ3n) is 7.06. The maximum atomic E-state index is 6.70. The average molecular weight is 478 g/mol. The number of aromatic nitrogens is 3. The van der Waals surface area contributed by atoms with Crippen LogP contribution in [-0.2, 0) is 4.74 Å². The molecular formula is C25H28ClN7O. The Morgan fingerprint density at radius 2 is 1.91 bits per heavy atom. The predicted molar refractivity (Wildman–Crippen MR) is 135 cm³/mol. The van der Waals surface area contributed by atoms with Crippen molar-refractivity contribution >= 4 is 34.7 Å². The van der Waals surface area contributed by atoms with Gasteiger partial charge in [-0.3, -0.25) is 4.90 Å². The van der Waals surface area contributed by atoms with Gasteiger partial charge in [0, 0.05) is 61.9 Å². The number of hydrogen-bond acceptors (Lipinski definition) is 8. The van der Waals surface area contributed by atoms with Crippen LogP contribution in [0.4, 0.5) is 23.1 Å². The monoisotopic (exact) mass is 477 g/mol. The van der Waals surface area contributed by atoms with E-state index in [4.69, 9.17) is 21.3 Å². The lowest BCUT2D eigenvalue weighted by molar-refractivity contribution is 0.122. The van der Waals surface area contributed by atoms with Crippen LogP contribution in [0.5, 0.6) is 0 Å². The summed E-state index contributed by atoms with van der Waals surface area (Å²) in [6.45, 7) is 5.36. The SMILES string of the molecule is CN1CC2CC1CN2c1ccc(Nc2nccc(-c3ccc(N4CCOCC4)nc3)n2)cc1Cl. The average Bonchev–Trinajstić information content (AvgIpc) is 3.45. The van der Waals surface area contributed by atoms with Gasteiger partial charge in [0.1, 0.15) is 5.82 Å². The molecule has 34 heavy (non-hydrogen) atoms. The van der Waals surface area contributed by atoms with E-state index >= 15 is 0 Å². The zero-order valence-corrected chi connectivity index (χ0v) is 19.9. The summed E-state index contributed by atoms with van der Waals surface area (Å²) in [5, 5.41) is 4.05.